The minimum Gasteiger partial charge on any atom is -0.316 e. The quantitative estimate of drug-likeness (QED) is 0.916. The SMILES string of the molecule is CNC1CCCN(S(=O)(=O)c2cc(F)cc(Cl)c2)C1.Cl. The molecule has 1 atom stereocenters. The first-order valence-corrected chi connectivity index (χ1v) is 7.89. The standard InChI is InChI=1S/C12H16ClFN2O2S.ClH/c1-15-11-3-2-4-16(8-11)19(17,18)12-6-9(13)5-10(14)7-12;/h5-7,11,15H,2-4,8H2,1H3;1H. The number of rotatable bonds is 3. The van der Waals surface area contributed by atoms with Gasteiger partial charge in [0.05, 0.1) is 4.90 Å². The van der Waals surface area contributed by atoms with E-state index in [1.807, 2.05) is 0 Å². The maximum Gasteiger partial charge on any atom is 0.243 e. The van der Waals surface area contributed by atoms with Gasteiger partial charge in [-0.05, 0) is 38.1 Å². The third kappa shape index (κ3) is 3.83. The van der Waals surface area contributed by atoms with E-state index in [1.54, 1.807) is 7.05 Å². The smallest absolute Gasteiger partial charge is 0.243 e. The van der Waals surface area contributed by atoms with Gasteiger partial charge in [-0.3, -0.25) is 0 Å². The Labute approximate surface area is 129 Å². The number of sulfonamides is 1. The molecule has 20 heavy (non-hydrogen) atoms. The summed E-state index contributed by atoms with van der Waals surface area (Å²) in [5.74, 6) is -0.645. The minimum atomic E-state index is -3.68. The molecule has 0 bridgehead atoms. The lowest BCUT2D eigenvalue weighted by Crippen LogP contribution is -2.46. The van der Waals surface area contributed by atoms with Crippen molar-refractivity contribution in [1.82, 2.24) is 9.62 Å². The summed E-state index contributed by atoms with van der Waals surface area (Å²) < 4.78 is 39.5. The molecular weight excluding hydrogens is 326 g/mol. The highest BCUT2D eigenvalue weighted by atomic mass is 35.5. The number of piperidine rings is 1. The zero-order valence-electron chi connectivity index (χ0n) is 11.0. The van der Waals surface area contributed by atoms with E-state index in [-0.39, 0.29) is 28.4 Å². The molecule has 1 aliphatic heterocycles. The molecule has 8 heteroatoms. The lowest BCUT2D eigenvalue weighted by Gasteiger charge is -2.31. The van der Waals surface area contributed by atoms with E-state index in [0.29, 0.717) is 13.1 Å². The van der Waals surface area contributed by atoms with Crippen molar-refractivity contribution in [2.45, 2.75) is 23.8 Å². The van der Waals surface area contributed by atoms with E-state index in [9.17, 15) is 12.8 Å². The topological polar surface area (TPSA) is 49.4 Å². The molecule has 1 aliphatic rings. The zero-order chi connectivity index (χ0) is 14.0. The van der Waals surface area contributed by atoms with Gasteiger partial charge in [-0.1, -0.05) is 11.6 Å². The highest BCUT2D eigenvalue weighted by Gasteiger charge is 2.30. The summed E-state index contributed by atoms with van der Waals surface area (Å²) in [6, 6.07) is 3.51. The van der Waals surface area contributed by atoms with Crippen LogP contribution in [0.1, 0.15) is 12.8 Å². The first-order valence-electron chi connectivity index (χ1n) is 6.07. The molecule has 1 unspecified atom stereocenters. The summed E-state index contributed by atoms with van der Waals surface area (Å²) in [5.41, 5.74) is 0. The average molecular weight is 343 g/mol. The number of hydrogen-bond donors (Lipinski definition) is 1. The van der Waals surface area contributed by atoms with E-state index in [0.717, 1.165) is 25.0 Å². The first kappa shape index (κ1) is 17.7. The molecule has 0 aliphatic carbocycles. The average Bonchev–Trinajstić information content (AvgIpc) is 2.37. The van der Waals surface area contributed by atoms with Crippen LogP contribution in [0.5, 0.6) is 0 Å². The second kappa shape index (κ2) is 7.04. The molecule has 0 radical (unpaired) electrons. The summed E-state index contributed by atoms with van der Waals surface area (Å²) in [6.07, 6.45) is 1.72. The van der Waals surface area contributed by atoms with E-state index in [2.05, 4.69) is 5.32 Å². The first-order chi connectivity index (χ1) is 8.93. The van der Waals surface area contributed by atoms with Crippen LogP contribution in [0.25, 0.3) is 0 Å². The van der Waals surface area contributed by atoms with Crippen LogP contribution in [0.4, 0.5) is 4.39 Å². The second-order valence-electron chi connectivity index (χ2n) is 4.60. The Morgan fingerprint density at radius 2 is 2.10 bits per heavy atom. The Hall–Kier alpha value is -0.400. The molecule has 1 heterocycles. The van der Waals surface area contributed by atoms with Crippen molar-refractivity contribution in [3.8, 4) is 0 Å². The molecule has 1 aromatic rings. The van der Waals surface area contributed by atoms with Gasteiger partial charge in [0.1, 0.15) is 5.82 Å². The predicted molar refractivity (Wildman–Crippen MR) is 79.5 cm³/mol. The molecule has 0 saturated carbocycles. The normalized spacial score (nSPS) is 20.4. The third-order valence-electron chi connectivity index (χ3n) is 3.27. The van der Waals surface area contributed by atoms with Gasteiger partial charge in [0.25, 0.3) is 0 Å². The van der Waals surface area contributed by atoms with Gasteiger partial charge in [0, 0.05) is 24.2 Å². The summed E-state index contributed by atoms with van der Waals surface area (Å²) >= 11 is 5.72. The Morgan fingerprint density at radius 1 is 1.40 bits per heavy atom. The molecule has 4 nitrogen and oxygen atoms in total. The fourth-order valence-corrected chi connectivity index (χ4v) is 4.09. The summed E-state index contributed by atoms with van der Waals surface area (Å²) in [4.78, 5) is -0.0887. The van der Waals surface area contributed by atoms with Gasteiger partial charge in [0.15, 0.2) is 0 Å². The van der Waals surface area contributed by atoms with E-state index >= 15 is 0 Å². The number of benzene rings is 1. The maximum absolute atomic E-state index is 13.3. The van der Waals surface area contributed by atoms with Gasteiger partial charge >= 0.3 is 0 Å². The number of hydrogen-bond acceptors (Lipinski definition) is 3. The molecule has 0 aromatic heterocycles. The van der Waals surface area contributed by atoms with Crippen molar-refractivity contribution in [2.75, 3.05) is 20.1 Å². The minimum absolute atomic E-state index is 0. The van der Waals surface area contributed by atoms with Crippen molar-refractivity contribution in [1.29, 1.82) is 0 Å². The lowest BCUT2D eigenvalue weighted by atomic mass is 10.1. The Bertz CT molecular complexity index is 548. The summed E-state index contributed by atoms with van der Waals surface area (Å²) in [5, 5.41) is 3.16. The number of nitrogens with zero attached hydrogens (tertiary/aromatic N) is 1. The third-order valence-corrected chi connectivity index (χ3v) is 5.33. The van der Waals surface area contributed by atoms with Crippen molar-refractivity contribution in [2.24, 2.45) is 0 Å². The van der Waals surface area contributed by atoms with Crippen molar-refractivity contribution in [3.05, 3.63) is 29.0 Å². The monoisotopic (exact) mass is 342 g/mol. The van der Waals surface area contributed by atoms with Gasteiger partial charge in [-0.2, -0.15) is 4.31 Å². The molecule has 1 aromatic carbocycles. The van der Waals surface area contributed by atoms with Crippen molar-refractivity contribution < 1.29 is 12.8 Å². The Kier molecular flexibility index (Phi) is 6.22. The predicted octanol–water partition coefficient (Wildman–Crippen LogP) is 2.27. The van der Waals surface area contributed by atoms with Gasteiger partial charge < -0.3 is 5.32 Å². The van der Waals surface area contributed by atoms with Crippen LogP contribution >= 0.6 is 24.0 Å². The largest absolute Gasteiger partial charge is 0.316 e. The molecule has 1 N–H and O–H groups in total. The van der Waals surface area contributed by atoms with Crippen LogP contribution in [0, 0.1) is 5.82 Å². The maximum atomic E-state index is 13.3. The zero-order valence-corrected chi connectivity index (χ0v) is 13.4. The van der Waals surface area contributed by atoms with Crippen LogP contribution < -0.4 is 5.32 Å². The molecule has 1 fully saturated rings. The van der Waals surface area contributed by atoms with Crippen LogP contribution in [0.15, 0.2) is 23.1 Å². The van der Waals surface area contributed by atoms with E-state index < -0.39 is 15.8 Å². The number of nitrogens with one attached hydrogen (secondary N) is 1. The summed E-state index contributed by atoms with van der Waals surface area (Å²) in [6.45, 7) is 0.849. The summed E-state index contributed by atoms with van der Waals surface area (Å²) in [7, 11) is -1.88. The highest BCUT2D eigenvalue weighted by Crippen LogP contribution is 2.24. The molecular formula is C12H17Cl2FN2O2S. The van der Waals surface area contributed by atoms with Crippen LogP contribution in [0.3, 0.4) is 0 Å². The molecule has 0 spiro atoms. The molecule has 114 valence electrons. The Morgan fingerprint density at radius 3 is 2.70 bits per heavy atom. The fraction of sp³-hybridized carbons (Fsp3) is 0.500. The number of likely N-dealkylation sites (N-methyl/N-ethyl adjacent to an activating group) is 1. The highest BCUT2D eigenvalue weighted by molar-refractivity contribution is 7.89. The van der Waals surface area contributed by atoms with Gasteiger partial charge in [0.2, 0.25) is 10.0 Å². The van der Waals surface area contributed by atoms with E-state index in [1.165, 1.54) is 10.4 Å². The van der Waals surface area contributed by atoms with Crippen LogP contribution in [-0.4, -0.2) is 38.9 Å². The fourth-order valence-electron chi connectivity index (χ4n) is 2.22. The van der Waals surface area contributed by atoms with Gasteiger partial charge in [-0.25, -0.2) is 12.8 Å². The van der Waals surface area contributed by atoms with Crippen LogP contribution in [0.2, 0.25) is 5.02 Å². The second-order valence-corrected chi connectivity index (χ2v) is 6.97. The van der Waals surface area contributed by atoms with Crippen LogP contribution in [-0.2, 0) is 10.0 Å². The van der Waals surface area contributed by atoms with Crippen molar-refractivity contribution >= 4 is 34.0 Å². The molecule has 1 saturated heterocycles. The molecule has 0 amide bonds. The Balaban J connectivity index is 0.00000200. The number of halogens is 3. The van der Waals surface area contributed by atoms with Gasteiger partial charge in [-0.15, -0.1) is 12.4 Å². The lowest BCUT2D eigenvalue weighted by molar-refractivity contribution is 0.293. The van der Waals surface area contributed by atoms with E-state index in [4.69, 9.17) is 11.6 Å². The van der Waals surface area contributed by atoms with Crippen molar-refractivity contribution in [3.63, 3.8) is 0 Å². The molecule has 2 rings (SSSR count).